The van der Waals surface area contributed by atoms with Crippen molar-refractivity contribution in [1.29, 1.82) is 0 Å². The third-order valence-corrected chi connectivity index (χ3v) is 3.40. The zero-order valence-electron chi connectivity index (χ0n) is 7.84. The van der Waals surface area contributed by atoms with Crippen LogP contribution in [0.3, 0.4) is 0 Å². The van der Waals surface area contributed by atoms with Gasteiger partial charge in [-0.05, 0) is 30.8 Å². The first-order valence-electron chi connectivity index (χ1n) is 4.15. The lowest BCUT2D eigenvalue weighted by atomic mass is 10.6. The third kappa shape index (κ3) is 2.10. The Morgan fingerprint density at radius 3 is 3.00 bits per heavy atom. The molecular weight excluding hydrogens is 218 g/mol. The molecule has 0 radical (unpaired) electrons. The lowest BCUT2D eigenvalue weighted by Gasteiger charge is -1.87. The van der Waals surface area contributed by atoms with Gasteiger partial charge in [0.1, 0.15) is 0 Å². The Balaban J connectivity index is 2.10. The summed E-state index contributed by atoms with van der Waals surface area (Å²) in [5, 5.41) is 14.6. The molecule has 0 unspecified atom stereocenters. The van der Waals surface area contributed by atoms with Gasteiger partial charge in [0.2, 0.25) is 5.16 Å². The van der Waals surface area contributed by atoms with Crippen LogP contribution in [-0.4, -0.2) is 25.2 Å². The van der Waals surface area contributed by atoms with E-state index in [4.69, 9.17) is 0 Å². The highest BCUT2D eigenvalue weighted by Gasteiger charge is 2.06. The van der Waals surface area contributed by atoms with Gasteiger partial charge in [-0.2, -0.15) is 4.80 Å². The predicted octanol–water partition coefficient (Wildman–Crippen LogP) is 1.61. The number of hydrogen-bond acceptors (Lipinski definition) is 6. The second-order valence-electron chi connectivity index (χ2n) is 2.62. The van der Waals surface area contributed by atoms with Gasteiger partial charge in [-0.3, -0.25) is 0 Å². The summed E-state index contributed by atoms with van der Waals surface area (Å²) in [6.45, 7) is 4.69. The van der Waals surface area contributed by atoms with Gasteiger partial charge in [-0.25, -0.2) is 4.98 Å². The van der Waals surface area contributed by atoms with E-state index in [1.807, 2.05) is 19.2 Å². The van der Waals surface area contributed by atoms with Crippen LogP contribution in [0.25, 0.3) is 0 Å². The average Bonchev–Trinajstić information content (AvgIpc) is 2.76. The van der Waals surface area contributed by atoms with Gasteiger partial charge in [0.25, 0.3) is 0 Å². The maximum Gasteiger partial charge on any atom is 0.238 e. The highest BCUT2D eigenvalue weighted by atomic mass is 32.2. The summed E-state index contributed by atoms with van der Waals surface area (Å²) >= 11 is 3.04. The fourth-order valence-corrected chi connectivity index (χ4v) is 2.50. The number of aryl methyl sites for hydroxylation is 2. The normalized spacial score (nSPS) is 10.7. The topological polar surface area (TPSA) is 56.5 Å². The quantitative estimate of drug-likeness (QED) is 0.797. The summed E-state index contributed by atoms with van der Waals surface area (Å²) in [6, 6.07) is 0. The van der Waals surface area contributed by atoms with Crippen molar-refractivity contribution in [3.05, 3.63) is 11.1 Å². The van der Waals surface area contributed by atoms with E-state index >= 15 is 0 Å². The smallest absolute Gasteiger partial charge is 0.235 e. The summed E-state index contributed by atoms with van der Waals surface area (Å²) in [5.41, 5.74) is 1.03. The van der Waals surface area contributed by atoms with Crippen LogP contribution in [0.15, 0.2) is 14.9 Å². The van der Waals surface area contributed by atoms with Gasteiger partial charge >= 0.3 is 0 Å². The molecule has 2 aromatic rings. The summed E-state index contributed by atoms with van der Waals surface area (Å²) in [7, 11) is 0. The number of rotatable bonds is 3. The highest BCUT2D eigenvalue weighted by Crippen LogP contribution is 2.26. The van der Waals surface area contributed by atoms with Crippen molar-refractivity contribution < 1.29 is 0 Å². The summed E-state index contributed by atoms with van der Waals surface area (Å²) in [6.07, 6.45) is 0. The predicted molar refractivity (Wildman–Crippen MR) is 54.5 cm³/mol. The van der Waals surface area contributed by atoms with Gasteiger partial charge in [0.05, 0.1) is 6.54 Å². The van der Waals surface area contributed by atoms with Gasteiger partial charge in [-0.1, -0.05) is 0 Å². The summed E-state index contributed by atoms with van der Waals surface area (Å²) in [4.78, 5) is 5.86. The van der Waals surface area contributed by atoms with Crippen LogP contribution in [0.2, 0.25) is 0 Å². The fourth-order valence-electron chi connectivity index (χ4n) is 0.861. The molecule has 0 fully saturated rings. The fraction of sp³-hybridized carbons (Fsp3) is 0.429. The van der Waals surface area contributed by atoms with E-state index < -0.39 is 0 Å². The number of thiazole rings is 1. The minimum Gasteiger partial charge on any atom is -0.235 e. The van der Waals surface area contributed by atoms with E-state index in [1.165, 1.54) is 11.8 Å². The summed E-state index contributed by atoms with van der Waals surface area (Å²) in [5.74, 6) is 0. The Morgan fingerprint density at radius 1 is 1.57 bits per heavy atom. The monoisotopic (exact) mass is 227 g/mol. The first kappa shape index (κ1) is 9.60. The van der Waals surface area contributed by atoms with E-state index in [2.05, 4.69) is 20.4 Å². The number of aromatic nitrogens is 5. The molecule has 2 rings (SSSR count). The molecule has 0 amide bonds. The van der Waals surface area contributed by atoms with Crippen LogP contribution < -0.4 is 0 Å². The van der Waals surface area contributed by atoms with E-state index in [1.54, 1.807) is 16.1 Å². The summed E-state index contributed by atoms with van der Waals surface area (Å²) < 4.78 is 0.957. The molecule has 0 N–H and O–H groups in total. The average molecular weight is 227 g/mol. The van der Waals surface area contributed by atoms with Crippen LogP contribution in [0.5, 0.6) is 0 Å². The van der Waals surface area contributed by atoms with Crippen LogP contribution >= 0.6 is 23.1 Å². The molecule has 5 nitrogen and oxygen atoms in total. The van der Waals surface area contributed by atoms with Crippen LogP contribution in [0.4, 0.5) is 0 Å². The van der Waals surface area contributed by atoms with Crippen molar-refractivity contribution in [3.8, 4) is 0 Å². The van der Waals surface area contributed by atoms with Gasteiger partial charge < -0.3 is 0 Å². The first-order valence-corrected chi connectivity index (χ1v) is 5.85. The van der Waals surface area contributed by atoms with Crippen LogP contribution in [0.1, 0.15) is 12.6 Å². The van der Waals surface area contributed by atoms with Crippen molar-refractivity contribution in [2.24, 2.45) is 0 Å². The molecule has 14 heavy (non-hydrogen) atoms. The van der Waals surface area contributed by atoms with Gasteiger partial charge in [0, 0.05) is 11.1 Å². The molecule has 0 aliphatic rings. The molecule has 0 aromatic carbocycles. The zero-order valence-corrected chi connectivity index (χ0v) is 9.47. The largest absolute Gasteiger partial charge is 0.238 e. The van der Waals surface area contributed by atoms with Crippen molar-refractivity contribution in [2.75, 3.05) is 0 Å². The standard InChI is InChI=1S/C7H9N5S2/c1-3-12-10-6(9-11-12)14-7-8-5(2)4-13-7/h4H,3H2,1-2H3. The van der Waals surface area contributed by atoms with E-state index in [0.717, 1.165) is 16.6 Å². The molecule has 0 spiro atoms. The molecule has 7 heteroatoms. The minimum atomic E-state index is 0.654. The number of tetrazole rings is 1. The van der Waals surface area contributed by atoms with E-state index in [-0.39, 0.29) is 0 Å². The molecule has 74 valence electrons. The second kappa shape index (κ2) is 4.05. The Bertz CT molecular complexity index is 421. The molecule has 0 saturated heterocycles. The Labute approximate surface area is 89.5 Å². The van der Waals surface area contributed by atoms with Crippen molar-refractivity contribution in [3.63, 3.8) is 0 Å². The lowest BCUT2D eigenvalue weighted by molar-refractivity contribution is 0.549. The number of nitrogens with zero attached hydrogens (tertiary/aromatic N) is 5. The van der Waals surface area contributed by atoms with Gasteiger partial charge in [-0.15, -0.1) is 21.5 Å². The molecule has 0 atom stereocenters. The third-order valence-electron chi connectivity index (χ3n) is 1.49. The molecule has 0 bridgehead atoms. The minimum absolute atomic E-state index is 0.654. The molecule has 0 saturated carbocycles. The van der Waals surface area contributed by atoms with Crippen molar-refractivity contribution >= 4 is 23.1 Å². The number of hydrogen-bond donors (Lipinski definition) is 0. The zero-order chi connectivity index (χ0) is 9.97. The Morgan fingerprint density at radius 2 is 2.43 bits per heavy atom. The van der Waals surface area contributed by atoms with Crippen LogP contribution in [-0.2, 0) is 6.54 Å². The van der Waals surface area contributed by atoms with Crippen molar-refractivity contribution in [1.82, 2.24) is 25.2 Å². The van der Waals surface area contributed by atoms with Crippen LogP contribution in [0, 0.1) is 6.92 Å². The SMILES string of the molecule is CCn1nnc(Sc2nc(C)cs2)n1. The Kier molecular flexibility index (Phi) is 2.78. The molecule has 2 aromatic heterocycles. The van der Waals surface area contributed by atoms with Gasteiger partial charge in [0.15, 0.2) is 4.34 Å². The molecule has 2 heterocycles. The lowest BCUT2D eigenvalue weighted by Crippen LogP contribution is -1.98. The van der Waals surface area contributed by atoms with Crippen molar-refractivity contribution in [2.45, 2.75) is 29.9 Å². The van der Waals surface area contributed by atoms with E-state index in [9.17, 15) is 0 Å². The maximum absolute atomic E-state index is 4.31. The Hall–Kier alpha value is -0.950. The second-order valence-corrected chi connectivity index (χ2v) is 4.69. The first-order chi connectivity index (χ1) is 6.78. The van der Waals surface area contributed by atoms with E-state index in [0.29, 0.717) is 5.16 Å². The maximum atomic E-state index is 4.31. The molecular formula is C7H9N5S2. The highest BCUT2D eigenvalue weighted by molar-refractivity contribution is 8.00. The molecule has 0 aliphatic heterocycles. The molecule has 0 aliphatic carbocycles.